The van der Waals surface area contributed by atoms with Crippen LogP contribution in [0.15, 0.2) is 36.4 Å². The molecular formula is C18H21N3O3. The van der Waals surface area contributed by atoms with Crippen molar-refractivity contribution in [3.8, 4) is 0 Å². The third-order valence-electron chi connectivity index (χ3n) is 4.76. The number of allylic oxidation sites excluding steroid dienone is 1. The van der Waals surface area contributed by atoms with E-state index in [1.165, 1.54) is 0 Å². The second-order valence-corrected chi connectivity index (χ2v) is 6.84. The van der Waals surface area contributed by atoms with Crippen molar-refractivity contribution in [1.29, 1.82) is 0 Å². The Bertz CT molecular complexity index is 743. The maximum atomic E-state index is 12.6. The number of nitrogens with one attached hydrogen (secondary N) is 3. The highest BCUT2D eigenvalue weighted by molar-refractivity contribution is 6.07. The Labute approximate surface area is 140 Å². The Morgan fingerprint density at radius 2 is 2.00 bits per heavy atom. The van der Waals surface area contributed by atoms with Gasteiger partial charge >= 0.3 is 6.03 Å². The Balaban J connectivity index is 1.83. The minimum atomic E-state index is -1.16. The zero-order valence-electron chi connectivity index (χ0n) is 13.8. The van der Waals surface area contributed by atoms with Crippen molar-refractivity contribution in [2.45, 2.75) is 44.2 Å². The summed E-state index contributed by atoms with van der Waals surface area (Å²) in [5.41, 5.74) is -0.374. The second-order valence-electron chi connectivity index (χ2n) is 6.84. The molecule has 1 heterocycles. The molecule has 1 fully saturated rings. The third-order valence-corrected chi connectivity index (χ3v) is 4.76. The van der Waals surface area contributed by atoms with Crippen LogP contribution in [0.2, 0.25) is 0 Å². The van der Waals surface area contributed by atoms with Gasteiger partial charge in [-0.2, -0.15) is 0 Å². The normalized spacial score (nSPS) is 29.1. The van der Waals surface area contributed by atoms with Gasteiger partial charge in [0.05, 0.1) is 0 Å². The molecular weight excluding hydrogens is 306 g/mol. The van der Waals surface area contributed by atoms with Gasteiger partial charge in [-0.15, -0.1) is 0 Å². The highest BCUT2D eigenvalue weighted by Gasteiger charge is 2.43. The molecule has 2 aliphatic rings. The van der Waals surface area contributed by atoms with E-state index in [4.69, 9.17) is 0 Å². The van der Waals surface area contributed by atoms with Crippen LogP contribution in [-0.2, 0) is 10.3 Å². The van der Waals surface area contributed by atoms with E-state index in [2.05, 4.69) is 28.1 Å². The number of carbonyl (C=O) groups is 3. The second kappa shape index (κ2) is 5.78. The topological polar surface area (TPSA) is 87.3 Å². The van der Waals surface area contributed by atoms with E-state index in [1.807, 2.05) is 6.92 Å². The fraction of sp³-hybridized carbons (Fsp3) is 0.389. The Hall–Kier alpha value is -2.63. The van der Waals surface area contributed by atoms with Crippen molar-refractivity contribution in [2.75, 3.05) is 0 Å². The van der Waals surface area contributed by atoms with Crippen LogP contribution in [0.25, 0.3) is 0 Å². The number of rotatable bonds is 3. The molecule has 0 aromatic heterocycles. The Morgan fingerprint density at radius 1 is 1.21 bits per heavy atom. The monoisotopic (exact) mass is 327 g/mol. The summed E-state index contributed by atoms with van der Waals surface area (Å²) < 4.78 is 0. The molecule has 6 nitrogen and oxygen atoms in total. The van der Waals surface area contributed by atoms with E-state index in [-0.39, 0.29) is 11.4 Å². The van der Waals surface area contributed by atoms with Crippen molar-refractivity contribution >= 4 is 17.8 Å². The minimum Gasteiger partial charge on any atom is -0.347 e. The van der Waals surface area contributed by atoms with Crippen LogP contribution in [0.4, 0.5) is 4.79 Å². The highest BCUT2D eigenvalue weighted by Crippen LogP contribution is 2.26. The summed E-state index contributed by atoms with van der Waals surface area (Å²) in [6.45, 7) is 3.65. The molecule has 2 atom stereocenters. The average Bonchev–Trinajstić information content (AvgIpc) is 2.81. The van der Waals surface area contributed by atoms with Gasteiger partial charge in [-0.3, -0.25) is 14.9 Å². The van der Waals surface area contributed by atoms with Gasteiger partial charge in [0.2, 0.25) is 0 Å². The van der Waals surface area contributed by atoms with E-state index in [1.54, 1.807) is 31.2 Å². The van der Waals surface area contributed by atoms with Crippen LogP contribution in [0, 0.1) is 0 Å². The van der Waals surface area contributed by atoms with Gasteiger partial charge in [0.25, 0.3) is 11.8 Å². The molecule has 1 aliphatic carbocycles. The summed E-state index contributed by atoms with van der Waals surface area (Å²) in [5.74, 6) is -0.600. The van der Waals surface area contributed by atoms with Crippen molar-refractivity contribution in [2.24, 2.45) is 0 Å². The molecule has 3 rings (SSSR count). The molecule has 1 aliphatic heterocycles. The molecule has 0 radical (unpaired) electrons. The molecule has 1 aromatic carbocycles. The number of hydrogen-bond acceptors (Lipinski definition) is 3. The van der Waals surface area contributed by atoms with Gasteiger partial charge in [0.1, 0.15) is 5.54 Å². The van der Waals surface area contributed by atoms with Crippen molar-refractivity contribution in [1.82, 2.24) is 16.0 Å². The summed E-state index contributed by atoms with van der Waals surface area (Å²) in [7, 11) is 0. The van der Waals surface area contributed by atoms with Gasteiger partial charge < -0.3 is 10.6 Å². The number of hydrogen-bond donors (Lipinski definition) is 3. The third kappa shape index (κ3) is 2.91. The Morgan fingerprint density at radius 3 is 2.62 bits per heavy atom. The lowest BCUT2D eigenvalue weighted by Gasteiger charge is -2.32. The smallest absolute Gasteiger partial charge is 0.322 e. The molecule has 3 N–H and O–H groups in total. The van der Waals surface area contributed by atoms with Gasteiger partial charge in [-0.25, -0.2) is 4.79 Å². The summed E-state index contributed by atoms with van der Waals surface area (Å²) in [5, 5.41) is 7.92. The fourth-order valence-electron chi connectivity index (χ4n) is 3.14. The molecule has 24 heavy (non-hydrogen) atoms. The van der Waals surface area contributed by atoms with Gasteiger partial charge in [-0.1, -0.05) is 24.3 Å². The van der Waals surface area contributed by atoms with Gasteiger partial charge in [0, 0.05) is 11.1 Å². The number of carbonyl (C=O) groups excluding carboxylic acids is 3. The van der Waals surface area contributed by atoms with Crippen molar-refractivity contribution in [3.63, 3.8) is 0 Å². The molecule has 1 saturated heterocycles. The number of benzene rings is 1. The maximum Gasteiger partial charge on any atom is 0.322 e. The number of urea groups is 1. The summed E-state index contributed by atoms with van der Waals surface area (Å²) in [4.78, 5) is 36.1. The zero-order chi connectivity index (χ0) is 17.4. The number of amides is 4. The largest absolute Gasteiger partial charge is 0.347 e. The lowest BCUT2D eigenvalue weighted by atomic mass is 9.87. The zero-order valence-corrected chi connectivity index (χ0v) is 13.8. The van der Waals surface area contributed by atoms with Crippen LogP contribution in [0.3, 0.4) is 0 Å². The first-order valence-corrected chi connectivity index (χ1v) is 8.04. The van der Waals surface area contributed by atoms with Gasteiger partial charge in [-0.05, 0) is 50.8 Å². The summed E-state index contributed by atoms with van der Waals surface area (Å²) in [6, 6.07) is 6.28. The van der Waals surface area contributed by atoms with E-state index in [9.17, 15) is 14.4 Å². The standard InChI is InChI=1S/C18H21N3O3/c1-17(9-4-3-5-10-17)20-14(22)12-7-6-8-13(11-12)18(2)15(23)19-16(24)21-18/h3-4,6-8,11H,5,9-10H2,1-2H3,(H,20,22)(H2,19,21,23,24). The lowest BCUT2D eigenvalue weighted by molar-refractivity contribution is -0.123. The fourth-order valence-corrected chi connectivity index (χ4v) is 3.14. The number of imide groups is 1. The predicted octanol–water partition coefficient (Wildman–Crippen LogP) is 1.97. The molecule has 126 valence electrons. The lowest BCUT2D eigenvalue weighted by Crippen LogP contribution is -2.46. The van der Waals surface area contributed by atoms with Crippen molar-refractivity contribution < 1.29 is 14.4 Å². The SMILES string of the molecule is CC1(NC(=O)c2cccc(C3(C)NC(=O)NC3=O)c2)CC=CCC1. The summed E-state index contributed by atoms with van der Waals surface area (Å²) in [6.07, 6.45) is 6.84. The quantitative estimate of drug-likeness (QED) is 0.586. The highest BCUT2D eigenvalue weighted by atomic mass is 16.2. The minimum absolute atomic E-state index is 0.178. The van der Waals surface area contributed by atoms with Gasteiger partial charge in [0.15, 0.2) is 0 Å². The van der Waals surface area contributed by atoms with E-state index >= 15 is 0 Å². The molecule has 1 aromatic rings. The van der Waals surface area contributed by atoms with Crippen LogP contribution >= 0.6 is 0 Å². The van der Waals surface area contributed by atoms with Crippen molar-refractivity contribution in [3.05, 3.63) is 47.5 Å². The molecule has 0 bridgehead atoms. The van der Waals surface area contributed by atoms with Crippen LogP contribution in [-0.4, -0.2) is 23.4 Å². The first-order chi connectivity index (χ1) is 11.3. The van der Waals surface area contributed by atoms with E-state index in [0.717, 1.165) is 19.3 Å². The molecule has 4 amide bonds. The maximum absolute atomic E-state index is 12.6. The Kier molecular flexibility index (Phi) is 3.91. The van der Waals surface area contributed by atoms with Crippen LogP contribution in [0.1, 0.15) is 49.0 Å². The average molecular weight is 327 g/mol. The first-order valence-electron chi connectivity index (χ1n) is 8.04. The van der Waals surface area contributed by atoms with Crippen LogP contribution in [0.5, 0.6) is 0 Å². The molecule has 0 spiro atoms. The predicted molar refractivity (Wildman–Crippen MR) is 89.3 cm³/mol. The molecule has 2 unspecified atom stereocenters. The summed E-state index contributed by atoms with van der Waals surface area (Å²) >= 11 is 0. The molecule has 0 saturated carbocycles. The van der Waals surface area contributed by atoms with Crippen LogP contribution < -0.4 is 16.0 Å². The first kappa shape index (κ1) is 16.2. The van der Waals surface area contributed by atoms with E-state index < -0.39 is 17.5 Å². The molecule has 6 heteroatoms. The van der Waals surface area contributed by atoms with E-state index in [0.29, 0.717) is 11.1 Å².